The van der Waals surface area contributed by atoms with Gasteiger partial charge in [-0.05, 0) is 50.7 Å². The second-order valence-corrected chi connectivity index (χ2v) is 7.25. The van der Waals surface area contributed by atoms with Crippen LogP contribution in [0.4, 0.5) is 0 Å². The number of benzene rings is 1. The van der Waals surface area contributed by atoms with Gasteiger partial charge in [0.25, 0.3) is 0 Å². The van der Waals surface area contributed by atoms with E-state index in [2.05, 4.69) is 24.4 Å². The summed E-state index contributed by atoms with van der Waals surface area (Å²) in [5.41, 5.74) is 1.80. The van der Waals surface area contributed by atoms with E-state index in [1.165, 1.54) is 11.1 Å². The SMILES string of the molecule is Cc1ccccc1CSCC(NC(C)C)(C(=O)O)C1CC1. The molecule has 0 aliphatic heterocycles. The summed E-state index contributed by atoms with van der Waals surface area (Å²) in [7, 11) is 0. The van der Waals surface area contributed by atoms with Gasteiger partial charge in [0.15, 0.2) is 0 Å². The fourth-order valence-electron chi connectivity index (χ4n) is 2.76. The zero-order valence-electron chi connectivity index (χ0n) is 13.1. The van der Waals surface area contributed by atoms with E-state index < -0.39 is 11.5 Å². The second-order valence-electron chi connectivity index (χ2n) is 6.27. The normalized spacial score (nSPS) is 17.7. The van der Waals surface area contributed by atoms with E-state index >= 15 is 0 Å². The van der Waals surface area contributed by atoms with Crippen LogP contribution in [-0.4, -0.2) is 28.4 Å². The second kappa shape index (κ2) is 6.84. The molecular formula is C17H25NO2S. The Labute approximate surface area is 131 Å². The van der Waals surface area contributed by atoms with Crippen LogP contribution in [0.25, 0.3) is 0 Å². The number of aryl methyl sites for hydroxylation is 1. The number of carboxylic acids is 1. The molecular weight excluding hydrogens is 282 g/mol. The van der Waals surface area contributed by atoms with Crippen molar-refractivity contribution in [3.8, 4) is 0 Å². The topological polar surface area (TPSA) is 49.3 Å². The molecule has 0 aromatic heterocycles. The summed E-state index contributed by atoms with van der Waals surface area (Å²) in [4.78, 5) is 11.9. The predicted octanol–water partition coefficient (Wildman–Crippen LogP) is 3.46. The van der Waals surface area contributed by atoms with Gasteiger partial charge in [0.2, 0.25) is 0 Å². The van der Waals surface area contributed by atoms with Gasteiger partial charge in [-0.15, -0.1) is 0 Å². The van der Waals surface area contributed by atoms with E-state index in [0.29, 0.717) is 5.75 Å². The van der Waals surface area contributed by atoms with Crippen LogP contribution in [0.3, 0.4) is 0 Å². The number of nitrogens with one attached hydrogen (secondary N) is 1. The number of thioether (sulfide) groups is 1. The van der Waals surface area contributed by atoms with Gasteiger partial charge in [-0.25, -0.2) is 0 Å². The molecule has 0 saturated heterocycles. The number of rotatable bonds is 8. The maximum absolute atomic E-state index is 11.9. The summed E-state index contributed by atoms with van der Waals surface area (Å²) >= 11 is 1.72. The van der Waals surface area contributed by atoms with E-state index in [0.717, 1.165) is 18.6 Å². The molecule has 1 unspecified atom stereocenters. The fraction of sp³-hybridized carbons (Fsp3) is 0.588. The first kappa shape index (κ1) is 16.4. The lowest BCUT2D eigenvalue weighted by atomic mass is 9.94. The van der Waals surface area contributed by atoms with E-state index in [-0.39, 0.29) is 12.0 Å². The third-order valence-electron chi connectivity index (χ3n) is 4.05. The average molecular weight is 307 g/mol. The lowest BCUT2D eigenvalue weighted by Crippen LogP contribution is -2.58. The number of hydrogen-bond acceptors (Lipinski definition) is 3. The molecule has 116 valence electrons. The van der Waals surface area contributed by atoms with Gasteiger partial charge in [0, 0.05) is 17.5 Å². The Morgan fingerprint density at radius 2 is 2.10 bits per heavy atom. The molecule has 0 amide bonds. The summed E-state index contributed by atoms with van der Waals surface area (Å²) in [5, 5.41) is 13.1. The van der Waals surface area contributed by atoms with Crippen molar-refractivity contribution >= 4 is 17.7 Å². The van der Waals surface area contributed by atoms with E-state index in [9.17, 15) is 9.90 Å². The van der Waals surface area contributed by atoms with Crippen LogP contribution < -0.4 is 5.32 Å². The minimum Gasteiger partial charge on any atom is -0.480 e. The van der Waals surface area contributed by atoms with Crippen molar-refractivity contribution in [2.75, 3.05) is 5.75 Å². The molecule has 1 aliphatic carbocycles. The van der Waals surface area contributed by atoms with Crippen LogP contribution in [0, 0.1) is 12.8 Å². The predicted molar refractivity (Wildman–Crippen MR) is 88.7 cm³/mol. The van der Waals surface area contributed by atoms with E-state index in [1.807, 2.05) is 26.0 Å². The molecule has 21 heavy (non-hydrogen) atoms. The van der Waals surface area contributed by atoms with Crippen molar-refractivity contribution in [2.24, 2.45) is 5.92 Å². The van der Waals surface area contributed by atoms with Crippen LogP contribution in [0.15, 0.2) is 24.3 Å². The van der Waals surface area contributed by atoms with E-state index in [4.69, 9.17) is 0 Å². The van der Waals surface area contributed by atoms with Crippen molar-refractivity contribution in [3.63, 3.8) is 0 Å². The zero-order valence-corrected chi connectivity index (χ0v) is 13.9. The molecule has 2 rings (SSSR count). The highest BCUT2D eigenvalue weighted by molar-refractivity contribution is 7.98. The fourth-order valence-corrected chi connectivity index (χ4v) is 4.17. The van der Waals surface area contributed by atoms with Gasteiger partial charge in [-0.3, -0.25) is 10.1 Å². The summed E-state index contributed by atoms with van der Waals surface area (Å²) in [6.07, 6.45) is 2.05. The Hall–Kier alpha value is -1.00. The summed E-state index contributed by atoms with van der Waals surface area (Å²) in [6.45, 7) is 6.14. The Kier molecular flexibility index (Phi) is 5.33. The molecule has 1 aromatic carbocycles. The average Bonchev–Trinajstić information content (AvgIpc) is 3.23. The first-order chi connectivity index (χ1) is 9.95. The largest absolute Gasteiger partial charge is 0.480 e. The van der Waals surface area contributed by atoms with E-state index in [1.54, 1.807) is 11.8 Å². The summed E-state index contributed by atoms with van der Waals surface area (Å²) < 4.78 is 0. The van der Waals surface area contributed by atoms with Crippen LogP contribution in [0.1, 0.15) is 37.8 Å². The Balaban J connectivity index is 2.02. The smallest absolute Gasteiger partial charge is 0.325 e. The third kappa shape index (κ3) is 4.01. The Morgan fingerprint density at radius 1 is 1.43 bits per heavy atom. The van der Waals surface area contributed by atoms with Gasteiger partial charge >= 0.3 is 5.97 Å². The van der Waals surface area contributed by atoms with Crippen LogP contribution in [0.2, 0.25) is 0 Å². The minimum absolute atomic E-state index is 0.181. The van der Waals surface area contributed by atoms with Gasteiger partial charge in [0.1, 0.15) is 5.54 Å². The Bertz CT molecular complexity index is 499. The van der Waals surface area contributed by atoms with Gasteiger partial charge in [-0.2, -0.15) is 11.8 Å². The highest BCUT2D eigenvalue weighted by atomic mass is 32.2. The lowest BCUT2D eigenvalue weighted by molar-refractivity contribution is -0.145. The van der Waals surface area contributed by atoms with Crippen molar-refractivity contribution < 1.29 is 9.90 Å². The first-order valence-corrected chi connectivity index (χ1v) is 8.74. The number of carboxylic acid groups (broad SMARTS) is 1. The molecule has 1 fully saturated rings. The van der Waals surface area contributed by atoms with Crippen molar-refractivity contribution in [2.45, 2.75) is 50.9 Å². The van der Waals surface area contributed by atoms with Crippen LogP contribution in [0.5, 0.6) is 0 Å². The summed E-state index contributed by atoms with van der Waals surface area (Å²) in [5.74, 6) is 1.08. The molecule has 3 nitrogen and oxygen atoms in total. The standard InChI is InChI=1S/C17H25NO2S/c1-12(2)18-17(16(19)20,15-8-9-15)11-21-10-14-7-5-4-6-13(14)3/h4-7,12,15,18H,8-11H2,1-3H3,(H,19,20). The first-order valence-electron chi connectivity index (χ1n) is 7.59. The number of aliphatic carboxylic acids is 1. The third-order valence-corrected chi connectivity index (χ3v) is 5.23. The lowest BCUT2D eigenvalue weighted by Gasteiger charge is -2.32. The monoisotopic (exact) mass is 307 g/mol. The maximum atomic E-state index is 11.9. The molecule has 1 aliphatic rings. The Morgan fingerprint density at radius 3 is 2.62 bits per heavy atom. The van der Waals surface area contributed by atoms with Gasteiger partial charge in [-0.1, -0.05) is 24.3 Å². The molecule has 0 radical (unpaired) electrons. The summed E-state index contributed by atoms with van der Waals surface area (Å²) in [6, 6.07) is 8.49. The van der Waals surface area contributed by atoms with Crippen molar-refractivity contribution in [1.29, 1.82) is 0 Å². The highest BCUT2D eigenvalue weighted by Crippen LogP contribution is 2.42. The molecule has 0 bridgehead atoms. The molecule has 4 heteroatoms. The number of hydrogen-bond donors (Lipinski definition) is 2. The highest BCUT2D eigenvalue weighted by Gasteiger charge is 2.51. The molecule has 2 N–H and O–H groups in total. The van der Waals surface area contributed by atoms with Crippen molar-refractivity contribution in [3.05, 3.63) is 35.4 Å². The zero-order chi connectivity index (χ0) is 15.5. The van der Waals surface area contributed by atoms with Crippen molar-refractivity contribution in [1.82, 2.24) is 5.32 Å². The van der Waals surface area contributed by atoms with Crippen LogP contribution >= 0.6 is 11.8 Å². The molecule has 1 aromatic rings. The maximum Gasteiger partial charge on any atom is 0.325 e. The number of carbonyl (C=O) groups is 1. The molecule has 0 heterocycles. The molecule has 0 spiro atoms. The van der Waals surface area contributed by atoms with Crippen LogP contribution in [-0.2, 0) is 10.5 Å². The quantitative estimate of drug-likeness (QED) is 0.772. The van der Waals surface area contributed by atoms with Gasteiger partial charge < -0.3 is 5.11 Å². The molecule has 1 atom stereocenters. The minimum atomic E-state index is -0.762. The molecule has 1 saturated carbocycles. The van der Waals surface area contributed by atoms with Gasteiger partial charge in [0.05, 0.1) is 0 Å².